The van der Waals surface area contributed by atoms with Crippen molar-refractivity contribution in [1.82, 2.24) is 0 Å². The summed E-state index contributed by atoms with van der Waals surface area (Å²) >= 11 is 0. The van der Waals surface area contributed by atoms with Crippen LogP contribution in [0.2, 0.25) is 0 Å². The van der Waals surface area contributed by atoms with E-state index in [1.165, 1.54) is 173 Å². The van der Waals surface area contributed by atoms with E-state index in [-0.39, 0.29) is 25.7 Å². The zero-order chi connectivity index (χ0) is 67.3. The van der Waals surface area contributed by atoms with Crippen molar-refractivity contribution >= 4 is 39.5 Å². The summed E-state index contributed by atoms with van der Waals surface area (Å²) in [5.74, 6) is 0.194. The van der Waals surface area contributed by atoms with Gasteiger partial charge in [-0.05, 0) is 43.4 Å². The van der Waals surface area contributed by atoms with Crippen molar-refractivity contribution in [3.05, 3.63) is 0 Å². The number of rotatable bonds is 70. The largest absolute Gasteiger partial charge is 0.472 e. The average Bonchev–Trinajstić information content (AvgIpc) is 3.53. The number of esters is 4. The molecule has 0 amide bonds. The molecule has 0 bridgehead atoms. The molecule has 0 saturated heterocycles. The second-order valence-electron chi connectivity index (χ2n) is 27.2. The molecule has 0 aliphatic heterocycles. The molecule has 0 rings (SSSR count). The highest BCUT2D eigenvalue weighted by atomic mass is 31.2. The lowest BCUT2D eigenvalue weighted by molar-refractivity contribution is -0.161. The predicted octanol–water partition coefficient (Wildman–Crippen LogP) is 20.6. The Kier molecular flexibility index (Phi) is 61.5. The summed E-state index contributed by atoms with van der Waals surface area (Å²) in [5, 5.41) is 10.6. The third-order valence-electron chi connectivity index (χ3n) is 17.0. The molecule has 0 aliphatic carbocycles. The van der Waals surface area contributed by atoms with E-state index in [0.717, 1.165) is 108 Å². The van der Waals surface area contributed by atoms with Crippen LogP contribution >= 0.6 is 15.6 Å². The molecule has 17 nitrogen and oxygen atoms in total. The first-order chi connectivity index (χ1) is 43.8. The molecule has 0 aliphatic rings. The van der Waals surface area contributed by atoms with Crippen LogP contribution in [0.25, 0.3) is 0 Å². The Balaban J connectivity index is 5.26. The van der Waals surface area contributed by atoms with E-state index in [0.29, 0.717) is 25.7 Å². The first-order valence-electron chi connectivity index (χ1n) is 37.4. The number of phosphoric acid groups is 2. The molecule has 0 aromatic carbocycles. The summed E-state index contributed by atoms with van der Waals surface area (Å²) in [5.41, 5.74) is 0. The third-order valence-corrected chi connectivity index (χ3v) is 18.9. The van der Waals surface area contributed by atoms with Gasteiger partial charge in [-0.15, -0.1) is 0 Å². The van der Waals surface area contributed by atoms with E-state index < -0.39 is 97.5 Å². The SMILES string of the molecule is CCCCCCCCCCCCC(=O)OC[C@H](COP(=O)(O)OC[C@H](O)COP(=O)(O)OC[C@@H](COC(=O)CCCCCCCCCCCCCC(C)C)OC(=O)CCCCCCCCCCCCCCC(C)C)OC(=O)CCCCCCCCCCC(C)CC. The number of ether oxygens (including phenoxy) is 4. The van der Waals surface area contributed by atoms with Crippen LogP contribution in [0.4, 0.5) is 0 Å². The fraction of sp³-hybridized carbons (Fsp3) is 0.944. The third kappa shape index (κ3) is 65.1. The molecule has 3 N–H and O–H groups in total. The molecule has 0 aromatic heterocycles. The van der Waals surface area contributed by atoms with Crippen LogP contribution in [-0.4, -0.2) is 96.7 Å². The first kappa shape index (κ1) is 89.1. The van der Waals surface area contributed by atoms with E-state index in [4.69, 9.17) is 37.0 Å². The highest BCUT2D eigenvalue weighted by Crippen LogP contribution is 2.45. The predicted molar refractivity (Wildman–Crippen MR) is 368 cm³/mol. The average molecular weight is 1340 g/mol. The molecule has 0 fully saturated rings. The van der Waals surface area contributed by atoms with Gasteiger partial charge < -0.3 is 33.8 Å². The lowest BCUT2D eigenvalue weighted by atomic mass is 9.99. The Morgan fingerprint density at radius 1 is 0.319 bits per heavy atom. The second-order valence-corrected chi connectivity index (χ2v) is 30.1. The van der Waals surface area contributed by atoms with Crippen molar-refractivity contribution in [2.24, 2.45) is 17.8 Å². The second kappa shape index (κ2) is 62.8. The van der Waals surface area contributed by atoms with Gasteiger partial charge in [-0.25, -0.2) is 9.13 Å². The maximum atomic E-state index is 13.0. The smallest absolute Gasteiger partial charge is 0.462 e. The maximum Gasteiger partial charge on any atom is 0.472 e. The van der Waals surface area contributed by atoms with E-state index in [2.05, 4.69) is 48.5 Å². The standard InChI is InChI=1S/C72H140O17P2/c1-8-10-11-12-13-14-24-32-39-46-53-69(74)82-60-68(89-72(77)56-49-42-35-28-27-31-38-45-52-65(7)9-2)62-87-91(80,81)85-58-66(73)57-84-90(78,79)86-61-67(59-83-70(75)54-47-40-33-25-21-17-19-23-30-37-44-51-64(5)6)88-71(76)55-48-41-34-26-20-16-15-18-22-29-36-43-50-63(3)4/h63-68,73H,8-62H2,1-7H3,(H,78,79)(H,80,81)/t65?,66-,67-,68-/m1/s1. The van der Waals surface area contributed by atoms with Gasteiger partial charge in [-0.3, -0.25) is 37.3 Å². The molecular formula is C72H140O17P2. The van der Waals surface area contributed by atoms with Crippen molar-refractivity contribution in [1.29, 1.82) is 0 Å². The van der Waals surface area contributed by atoms with Gasteiger partial charge in [-0.1, -0.05) is 312 Å². The first-order valence-corrected chi connectivity index (χ1v) is 40.4. The number of hydrogen-bond donors (Lipinski definition) is 3. The molecule has 0 radical (unpaired) electrons. The van der Waals surface area contributed by atoms with Crippen molar-refractivity contribution in [3.63, 3.8) is 0 Å². The van der Waals surface area contributed by atoms with Crippen LogP contribution in [0.3, 0.4) is 0 Å². The highest BCUT2D eigenvalue weighted by Gasteiger charge is 2.30. The number of carbonyl (C=O) groups excluding carboxylic acids is 4. The lowest BCUT2D eigenvalue weighted by Gasteiger charge is -2.21. The van der Waals surface area contributed by atoms with Crippen LogP contribution in [0.15, 0.2) is 0 Å². The summed E-state index contributed by atoms with van der Waals surface area (Å²) in [4.78, 5) is 72.6. The summed E-state index contributed by atoms with van der Waals surface area (Å²) in [6, 6.07) is 0. The Bertz CT molecular complexity index is 1790. The number of hydrogen-bond acceptors (Lipinski definition) is 15. The zero-order valence-electron chi connectivity index (χ0n) is 59.3. The molecule has 540 valence electrons. The number of aliphatic hydroxyl groups is 1. The fourth-order valence-corrected chi connectivity index (χ4v) is 12.4. The lowest BCUT2D eigenvalue weighted by Crippen LogP contribution is -2.30. The van der Waals surface area contributed by atoms with Gasteiger partial charge in [0.05, 0.1) is 26.4 Å². The van der Waals surface area contributed by atoms with Gasteiger partial charge in [0.1, 0.15) is 19.3 Å². The fourth-order valence-electron chi connectivity index (χ4n) is 10.9. The molecule has 0 aromatic rings. The molecule has 6 atom stereocenters. The van der Waals surface area contributed by atoms with Gasteiger partial charge in [0.25, 0.3) is 0 Å². The summed E-state index contributed by atoms with van der Waals surface area (Å²) < 4.78 is 68.4. The molecule has 0 spiro atoms. The number of carbonyl (C=O) groups is 4. The van der Waals surface area contributed by atoms with Gasteiger partial charge in [0.2, 0.25) is 0 Å². The minimum absolute atomic E-state index is 0.105. The van der Waals surface area contributed by atoms with Crippen LogP contribution in [0.5, 0.6) is 0 Å². The Hall–Kier alpha value is -1.94. The van der Waals surface area contributed by atoms with Crippen molar-refractivity contribution in [3.8, 4) is 0 Å². The number of aliphatic hydroxyl groups excluding tert-OH is 1. The quantitative estimate of drug-likeness (QED) is 0.0222. The number of phosphoric ester groups is 2. The molecule has 19 heteroatoms. The normalized spacial score (nSPS) is 14.5. The monoisotopic (exact) mass is 1340 g/mol. The van der Waals surface area contributed by atoms with E-state index in [9.17, 15) is 43.2 Å². The molecule has 91 heavy (non-hydrogen) atoms. The minimum Gasteiger partial charge on any atom is -0.462 e. The van der Waals surface area contributed by atoms with Gasteiger partial charge in [-0.2, -0.15) is 0 Å². The maximum absolute atomic E-state index is 13.0. The van der Waals surface area contributed by atoms with Crippen LogP contribution < -0.4 is 0 Å². The van der Waals surface area contributed by atoms with E-state index >= 15 is 0 Å². The van der Waals surface area contributed by atoms with Gasteiger partial charge in [0.15, 0.2) is 12.2 Å². The van der Waals surface area contributed by atoms with Gasteiger partial charge >= 0.3 is 39.5 Å². The van der Waals surface area contributed by atoms with Gasteiger partial charge in [0, 0.05) is 25.7 Å². The Morgan fingerprint density at radius 2 is 0.560 bits per heavy atom. The molecule has 0 saturated carbocycles. The van der Waals surface area contributed by atoms with Crippen LogP contribution in [0.1, 0.15) is 363 Å². The molecule has 3 unspecified atom stereocenters. The molecular weight excluding hydrogens is 1200 g/mol. The zero-order valence-corrected chi connectivity index (χ0v) is 61.1. The highest BCUT2D eigenvalue weighted by molar-refractivity contribution is 7.47. The van der Waals surface area contributed by atoms with E-state index in [1.54, 1.807) is 0 Å². The van der Waals surface area contributed by atoms with E-state index in [1.807, 2.05) is 0 Å². The minimum atomic E-state index is -4.95. The topological polar surface area (TPSA) is 237 Å². The van der Waals surface area contributed by atoms with Crippen molar-refractivity contribution in [2.45, 2.75) is 381 Å². The summed E-state index contributed by atoms with van der Waals surface area (Å²) in [6.07, 6.45) is 47.0. The summed E-state index contributed by atoms with van der Waals surface area (Å²) in [7, 11) is -9.90. The van der Waals surface area contributed by atoms with Crippen molar-refractivity contribution in [2.75, 3.05) is 39.6 Å². The Labute approximate surface area is 556 Å². The van der Waals surface area contributed by atoms with Crippen LogP contribution in [-0.2, 0) is 65.4 Å². The summed E-state index contributed by atoms with van der Waals surface area (Å²) in [6.45, 7) is 11.9. The molecule has 0 heterocycles. The Morgan fingerprint density at radius 3 is 0.835 bits per heavy atom. The van der Waals surface area contributed by atoms with Crippen molar-refractivity contribution < 1.29 is 80.2 Å². The number of unbranched alkanes of at least 4 members (excludes halogenated alkanes) is 37. The van der Waals surface area contributed by atoms with Crippen LogP contribution in [0, 0.1) is 17.8 Å².